The first-order chi connectivity index (χ1) is 12.7. The third kappa shape index (κ3) is 2.62. The molecule has 3 saturated carbocycles. The molecule has 6 rings (SSSR count). The highest BCUT2D eigenvalue weighted by atomic mass is 19.1. The quantitative estimate of drug-likeness (QED) is 0.748. The van der Waals surface area contributed by atoms with Gasteiger partial charge in [0.1, 0.15) is 17.3 Å². The molecule has 134 valence electrons. The highest BCUT2D eigenvalue weighted by Gasteiger charge is 2.35. The lowest BCUT2D eigenvalue weighted by molar-refractivity contribution is 0.157. The Hall–Kier alpha value is -2.57. The molecule has 6 nitrogen and oxygen atoms in total. The summed E-state index contributed by atoms with van der Waals surface area (Å²) >= 11 is 0. The summed E-state index contributed by atoms with van der Waals surface area (Å²) in [6.45, 7) is 2.01. The van der Waals surface area contributed by atoms with E-state index in [0.717, 1.165) is 29.4 Å². The Kier molecular flexibility index (Phi) is 3.62. The monoisotopic (exact) mass is 352 g/mol. The highest BCUT2D eigenvalue weighted by Crippen LogP contribution is 2.42. The highest BCUT2D eigenvalue weighted by molar-refractivity contribution is 5.88. The number of nitrogens with one attached hydrogen (secondary N) is 2. The zero-order chi connectivity index (χ0) is 17.7. The average molecular weight is 352 g/mol. The van der Waals surface area contributed by atoms with Crippen LogP contribution in [0.4, 0.5) is 10.2 Å². The number of anilines is 1. The van der Waals surface area contributed by atoms with Gasteiger partial charge in [-0.15, -0.1) is 0 Å². The molecule has 1 unspecified atom stereocenters. The molecule has 2 N–H and O–H groups in total. The summed E-state index contributed by atoms with van der Waals surface area (Å²) in [5.74, 6) is 2.56. The summed E-state index contributed by atoms with van der Waals surface area (Å²) in [6.07, 6.45) is 9.57. The minimum atomic E-state index is -0.399. The number of fused-ring (bicyclic) bond motifs is 4. The van der Waals surface area contributed by atoms with Crippen LogP contribution >= 0.6 is 0 Å². The molecule has 3 aliphatic rings. The van der Waals surface area contributed by atoms with Crippen LogP contribution in [0.1, 0.15) is 37.7 Å². The molecule has 1 atom stereocenters. The fourth-order valence-corrected chi connectivity index (χ4v) is 4.48. The van der Waals surface area contributed by atoms with Crippen molar-refractivity contribution in [3.63, 3.8) is 0 Å². The zero-order valence-electron chi connectivity index (χ0n) is 14.7. The second kappa shape index (κ2) is 6.00. The topological polar surface area (TPSA) is 79.4 Å². The number of H-pyrrole nitrogens is 1. The minimum absolute atomic E-state index is 0.399. The van der Waals surface area contributed by atoms with Gasteiger partial charge >= 0.3 is 0 Å². The van der Waals surface area contributed by atoms with E-state index in [-0.39, 0.29) is 0 Å². The third-order valence-electron chi connectivity index (χ3n) is 5.94. The van der Waals surface area contributed by atoms with E-state index < -0.39 is 5.82 Å². The Morgan fingerprint density at radius 2 is 2.00 bits per heavy atom. The van der Waals surface area contributed by atoms with E-state index in [9.17, 15) is 4.39 Å². The minimum Gasteiger partial charge on any atom is -0.367 e. The molecular formula is C19H21FN6. The first-order valence-corrected chi connectivity index (χ1v) is 9.27. The van der Waals surface area contributed by atoms with Crippen molar-refractivity contribution in [1.82, 2.24) is 25.1 Å². The van der Waals surface area contributed by atoms with Crippen LogP contribution in [-0.2, 0) is 0 Å². The maximum atomic E-state index is 13.6. The molecule has 0 amide bonds. The van der Waals surface area contributed by atoms with Crippen LogP contribution in [0.2, 0.25) is 0 Å². The smallest absolute Gasteiger partial charge is 0.181 e. The number of halogens is 1. The predicted molar refractivity (Wildman–Crippen MR) is 97.1 cm³/mol. The van der Waals surface area contributed by atoms with Crippen molar-refractivity contribution in [3.05, 3.63) is 29.8 Å². The van der Waals surface area contributed by atoms with Gasteiger partial charge in [-0.3, -0.25) is 5.10 Å². The van der Waals surface area contributed by atoms with Crippen molar-refractivity contribution in [3.8, 4) is 11.5 Å². The molecule has 0 radical (unpaired) electrons. The molecule has 3 aromatic heterocycles. The summed E-state index contributed by atoms with van der Waals surface area (Å²) in [5, 5.41) is 11.3. The Balaban J connectivity index is 1.49. The number of pyridine rings is 1. The third-order valence-corrected chi connectivity index (χ3v) is 5.94. The Bertz CT molecular complexity index is 960. The first-order valence-electron chi connectivity index (χ1n) is 9.27. The summed E-state index contributed by atoms with van der Waals surface area (Å²) < 4.78 is 13.6. The molecule has 0 aromatic carbocycles. The fraction of sp³-hybridized carbons (Fsp3) is 0.474. The standard InChI is InChI=1S/C19H21FN6/c1-10-8-21-19(16-14-7-13(20)9-22-18(14)26-25-16)24-17(10)23-15-6-11-2-4-12(15)5-3-11/h7-9,11-12,15H,2-6H2,1H3,(H,21,23,24)(H,22,25,26). The van der Waals surface area contributed by atoms with Crippen molar-refractivity contribution in [2.45, 2.75) is 45.1 Å². The molecule has 3 heterocycles. The number of hydrogen-bond acceptors (Lipinski definition) is 5. The maximum Gasteiger partial charge on any atom is 0.181 e. The van der Waals surface area contributed by atoms with Crippen molar-refractivity contribution in [2.24, 2.45) is 11.8 Å². The van der Waals surface area contributed by atoms with Crippen LogP contribution in [0.25, 0.3) is 22.6 Å². The molecule has 3 aromatic rings. The molecule has 3 aliphatic carbocycles. The lowest BCUT2D eigenvalue weighted by Gasteiger charge is -2.43. The average Bonchev–Trinajstić information content (AvgIpc) is 3.07. The van der Waals surface area contributed by atoms with E-state index in [1.165, 1.54) is 38.2 Å². The lowest BCUT2D eigenvalue weighted by atomic mass is 9.68. The van der Waals surface area contributed by atoms with Crippen LogP contribution in [0, 0.1) is 24.6 Å². The van der Waals surface area contributed by atoms with Gasteiger partial charge in [-0.25, -0.2) is 19.3 Å². The summed E-state index contributed by atoms with van der Waals surface area (Å²) in [4.78, 5) is 13.2. The van der Waals surface area contributed by atoms with Crippen LogP contribution in [0.15, 0.2) is 18.5 Å². The van der Waals surface area contributed by atoms with Crippen molar-refractivity contribution in [1.29, 1.82) is 0 Å². The summed E-state index contributed by atoms with van der Waals surface area (Å²) in [7, 11) is 0. The normalized spacial score (nSPS) is 24.9. The predicted octanol–water partition coefficient (Wildman–Crippen LogP) is 3.85. The molecular weight excluding hydrogens is 331 g/mol. The summed E-state index contributed by atoms with van der Waals surface area (Å²) in [5.41, 5.74) is 2.08. The van der Waals surface area contributed by atoms with Gasteiger partial charge in [-0.05, 0) is 44.1 Å². The van der Waals surface area contributed by atoms with Gasteiger partial charge in [0.15, 0.2) is 11.5 Å². The van der Waals surface area contributed by atoms with E-state index in [1.807, 2.05) is 13.1 Å². The van der Waals surface area contributed by atoms with Crippen LogP contribution in [-0.4, -0.2) is 31.2 Å². The van der Waals surface area contributed by atoms with Crippen molar-refractivity contribution >= 4 is 16.9 Å². The fourth-order valence-electron chi connectivity index (χ4n) is 4.48. The maximum absolute atomic E-state index is 13.6. The van der Waals surface area contributed by atoms with E-state index in [4.69, 9.17) is 4.98 Å². The number of nitrogens with zero attached hydrogens (tertiary/aromatic N) is 4. The van der Waals surface area contributed by atoms with Crippen molar-refractivity contribution in [2.75, 3.05) is 5.32 Å². The van der Waals surface area contributed by atoms with Gasteiger partial charge in [-0.1, -0.05) is 12.8 Å². The number of aromatic nitrogens is 5. The Morgan fingerprint density at radius 3 is 2.77 bits per heavy atom. The van der Waals surface area contributed by atoms with Gasteiger partial charge < -0.3 is 5.32 Å². The van der Waals surface area contributed by atoms with Gasteiger partial charge in [0.2, 0.25) is 0 Å². The number of rotatable bonds is 3. The van der Waals surface area contributed by atoms with Gasteiger partial charge in [0, 0.05) is 17.8 Å². The largest absolute Gasteiger partial charge is 0.367 e. The van der Waals surface area contributed by atoms with E-state index in [0.29, 0.717) is 28.6 Å². The molecule has 0 spiro atoms. The molecule has 26 heavy (non-hydrogen) atoms. The van der Waals surface area contributed by atoms with Crippen molar-refractivity contribution < 1.29 is 4.39 Å². The van der Waals surface area contributed by atoms with Gasteiger partial charge in [0.25, 0.3) is 0 Å². The molecule has 0 saturated heterocycles. The van der Waals surface area contributed by atoms with E-state index in [1.54, 1.807) is 0 Å². The number of aryl methyl sites for hydroxylation is 1. The van der Waals surface area contributed by atoms with E-state index >= 15 is 0 Å². The number of aromatic amines is 1. The Morgan fingerprint density at radius 1 is 1.15 bits per heavy atom. The molecule has 2 bridgehead atoms. The van der Waals surface area contributed by atoms with E-state index in [2.05, 4.69) is 25.5 Å². The summed E-state index contributed by atoms with van der Waals surface area (Å²) in [6, 6.07) is 1.90. The second-order valence-corrected chi connectivity index (χ2v) is 7.62. The second-order valence-electron chi connectivity index (χ2n) is 7.62. The zero-order valence-corrected chi connectivity index (χ0v) is 14.7. The Labute approximate surface area is 150 Å². The van der Waals surface area contributed by atoms with Gasteiger partial charge in [-0.2, -0.15) is 5.10 Å². The molecule has 0 aliphatic heterocycles. The number of hydrogen-bond donors (Lipinski definition) is 2. The molecule has 3 fully saturated rings. The first kappa shape index (κ1) is 15.7. The van der Waals surface area contributed by atoms with Gasteiger partial charge in [0.05, 0.1) is 11.6 Å². The lowest BCUT2D eigenvalue weighted by Crippen LogP contribution is -2.40. The van der Waals surface area contributed by atoms with Crippen LogP contribution in [0.3, 0.4) is 0 Å². The molecule has 7 heteroatoms. The van der Waals surface area contributed by atoms with Crippen LogP contribution < -0.4 is 5.32 Å². The SMILES string of the molecule is Cc1cnc(-c2[nH]nc3ncc(F)cc23)nc1NC1CC2CCC1CC2. The van der Waals surface area contributed by atoms with Crippen LogP contribution in [0.5, 0.6) is 0 Å².